The number of aromatic nitrogens is 2. The third-order valence-electron chi connectivity index (χ3n) is 5.47. The highest BCUT2D eigenvalue weighted by Gasteiger charge is 2.35. The second-order valence-corrected chi connectivity index (χ2v) is 7.60. The molecule has 3 aromatic rings. The largest absolute Gasteiger partial charge is 0.481 e. The summed E-state index contributed by atoms with van der Waals surface area (Å²) in [5.41, 5.74) is 10.4. The quantitative estimate of drug-likeness (QED) is 0.611. The number of primary amides is 1. The van der Waals surface area contributed by atoms with Crippen LogP contribution in [-0.2, 0) is 16.1 Å². The fourth-order valence-electron chi connectivity index (χ4n) is 3.91. The fourth-order valence-corrected chi connectivity index (χ4v) is 3.91. The van der Waals surface area contributed by atoms with E-state index in [2.05, 4.69) is 0 Å². The molecule has 0 bridgehead atoms. The van der Waals surface area contributed by atoms with E-state index in [9.17, 15) is 14.4 Å². The second kappa shape index (κ2) is 8.06. The second-order valence-electron chi connectivity index (χ2n) is 7.60. The van der Waals surface area contributed by atoms with Gasteiger partial charge >= 0.3 is 5.97 Å². The van der Waals surface area contributed by atoms with Crippen molar-refractivity contribution in [3.05, 3.63) is 71.4 Å². The number of rotatable bonds is 7. The number of carbonyl (C=O) groups is 3. The minimum atomic E-state index is -1.04. The van der Waals surface area contributed by atoms with E-state index in [0.717, 1.165) is 28.1 Å². The molecular weight excluding hydrogens is 396 g/mol. The SMILES string of the molecule is Cc1cn(-c2ccc3c(c2)CN(C(CCC(=O)O)C(N)=O)C3=O)nc1-c1ccccc1. The van der Waals surface area contributed by atoms with Crippen LogP contribution in [0.2, 0.25) is 0 Å². The van der Waals surface area contributed by atoms with Gasteiger partial charge in [-0.2, -0.15) is 5.10 Å². The standard InChI is InChI=1S/C23H22N4O4/c1-14-12-27(25-21(14)15-5-3-2-4-6-15)17-7-8-18-16(11-17)13-26(23(18)31)19(22(24)30)9-10-20(28)29/h2-8,11-12,19H,9-10,13H2,1H3,(H2,24,30)(H,28,29). The smallest absolute Gasteiger partial charge is 0.303 e. The fraction of sp³-hybridized carbons (Fsp3) is 0.217. The van der Waals surface area contributed by atoms with Gasteiger partial charge in [-0.25, -0.2) is 4.68 Å². The molecule has 158 valence electrons. The highest BCUT2D eigenvalue weighted by molar-refractivity contribution is 6.01. The number of nitrogens with zero attached hydrogens (tertiary/aromatic N) is 3. The van der Waals surface area contributed by atoms with Crippen LogP contribution in [0.1, 0.15) is 34.3 Å². The summed E-state index contributed by atoms with van der Waals surface area (Å²) in [6, 6.07) is 14.3. The molecule has 0 saturated carbocycles. The number of hydrogen-bond donors (Lipinski definition) is 2. The lowest BCUT2D eigenvalue weighted by Gasteiger charge is -2.24. The summed E-state index contributed by atoms with van der Waals surface area (Å²) < 4.78 is 1.76. The summed E-state index contributed by atoms with van der Waals surface area (Å²) in [5, 5.41) is 13.6. The van der Waals surface area contributed by atoms with Crippen molar-refractivity contribution in [3.8, 4) is 16.9 Å². The Morgan fingerprint density at radius 2 is 1.94 bits per heavy atom. The van der Waals surface area contributed by atoms with Crippen molar-refractivity contribution in [2.24, 2.45) is 5.73 Å². The van der Waals surface area contributed by atoms with E-state index >= 15 is 0 Å². The van der Waals surface area contributed by atoms with Gasteiger partial charge in [0.05, 0.1) is 11.4 Å². The third kappa shape index (κ3) is 3.92. The van der Waals surface area contributed by atoms with E-state index < -0.39 is 17.9 Å². The predicted octanol–water partition coefficient (Wildman–Crippen LogP) is 2.52. The number of carboxylic acid groups (broad SMARTS) is 1. The minimum Gasteiger partial charge on any atom is -0.481 e. The van der Waals surface area contributed by atoms with Gasteiger partial charge in [0.25, 0.3) is 5.91 Å². The van der Waals surface area contributed by atoms with Gasteiger partial charge in [-0.1, -0.05) is 30.3 Å². The Balaban J connectivity index is 1.62. The lowest BCUT2D eigenvalue weighted by Crippen LogP contribution is -2.45. The Labute approximate surface area is 178 Å². The number of fused-ring (bicyclic) bond motifs is 1. The zero-order valence-electron chi connectivity index (χ0n) is 17.0. The lowest BCUT2D eigenvalue weighted by molar-refractivity contribution is -0.137. The number of nitrogens with two attached hydrogens (primary N) is 1. The average molecular weight is 418 g/mol. The number of amides is 2. The van der Waals surface area contributed by atoms with Crippen LogP contribution in [0.4, 0.5) is 0 Å². The molecule has 1 unspecified atom stereocenters. The van der Waals surface area contributed by atoms with Gasteiger partial charge in [-0.15, -0.1) is 0 Å². The van der Waals surface area contributed by atoms with Crippen LogP contribution in [0.3, 0.4) is 0 Å². The molecule has 0 spiro atoms. The van der Waals surface area contributed by atoms with Crippen molar-refractivity contribution >= 4 is 17.8 Å². The molecule has 8 heteroatoms. The first kappa shape index (κ1) is 20.3. The molecule has 1 aliphatic rings. The van der Waals surface area contributed by atoms with E-state index in [1.165, 1.54) is 4.90 Å². The normalized spacial score (nSPS) is 13.8. The number of carbonyl (C=O) groups excluding carboxylic acids is 2. The maximum atomic E-state index is 12.8. The molecule has 0 radical (unpaired) electrons. The maximum Gasteiger partial charge on any atom is 0.303 e. The van der Waals surface area contributed by atoms with E-state index in [0.29, 0.717) is 5.56 Å². The van der Waals surface area contributed by atoms with Crippen LogP contribution in [0.25, 0.3) is 16.9 Å². The van der Waals surface area contributed by atoms with Gasteiger partial charge in [0.15, 0.2) is 0 Å². The molecule has 0 fully saturated rings. The Morgan fingerprint density at radius 1 is 1.19 bits per heavy atom. The van der Waals surface area contributed by atoms with Gasteiger partial charge in [-0.3, -0.25) is 14.4 Å². The van der Waals surface area contributed by atoms with Crippen LogP contribution in [0, 0.1) is 6.92 Å². The Morgan fingerprint density at radius 3 is 2.61 bits per heavy atom. The Kier molecular flexibility index (Phi) is 5.29. The van der Waals surface area contributed by atoms with Crippen LogP contribution in [-0.4, -0.2) is 43.6 Å². The van der Waals surface area contributed by atoms with Crippen molar-refractivity contribution in [2.45, 2.75) is 32.4 Å². The summed E-state index contributed by atoms with van der Waals surface area (Å²) in [4.78, 5) is 37.0. The first-order chi connectivity index (χ1) is 14.8. The first-order valence-electron chi connectivity index (χ1n) is 9.92. The molecule has 1 atom stereocenters. The molecule has 3 N–H and O–H groups in total. The Hall–Kier alpha value is -3.94. The van der Waals surface area contributed by atoms with Gasteiger partial charge in [0, 0.05) is 30.3 Å². The first-order valence-corrected chi connectivity index (χ1v) is 9.92. The van der Waals surface area contributed by atoms with Crippen molar-refractivity contribution in [3.63, 3.8) is 0 Å². The summed E-state index contributed by atoms with van der Waals surface area (Å²) >= 11 is 0. The van der Waals surface area contributed by atoms with E-state index in [4.69, 9.17) is 15.9 Å². The molecule has 2 heterocycles. The zero-order valence-corrected chi connectivity index (χ0v) is 17.0. The predicted molar refractivity (Wildman–Crippen MR) is 113 cm³/mol. The molecule has 31 heavy (non-hydrogen) atoms. The van der Waals surface area contributed by atoms with Crippen LogP contribution in [0.15, 0.2) is 54.7 Å². The van der Waals surface area contributed by atoms with Crippen LogP contribution in [0.5, 0.6) is 0 Å². The van der Waals surface area contributed by atoms with Crippen molar-refractivity contribution in [2.75, 3.05) is 0 Å². The molecule has 0 aliphatic carbocycles. The lowest BCUT2D eigenvalue weighted by atomic mass is 10.1. The highest BCUT2D eigenvalue weighted by atomic mass is 16.4. The number of aryl methyl sites for hydroxylation is 1. The molecule has 8 nitrogen and oxygen atoms in total. The summed E-state index contributed by atoms with van der Waals surface area (Å²) in [6.45, 7) is 2.19. The number of hydrogen-bond acceptors (Lipinski definition) is 4. The highest BCUT2D eigenvalue weighted by Crippen LogP contribution is 2.29. The average Bonchev–Trinajstić information content (AvgIpc) is 3.28. The molecular formula is C23H22N4O4. The summed E-state index contributed by atoms with van der Waals surface area (Å²) in [7, 11) is 0. The number of carboxylic acids is 1. The molecule has 4 rings (SSSR count). The molecule has 0 saturated heterocycles. The summed E-state index contributed by atoms with van der Waals surface area (Å²) in [5.74, 6) is -2.07. The van der Waals surface area contributed by atoms with E-state index in [-0.39, 0.29) is 25.3 Å². The summed E-state index contributed by atoms with van der Waals surface area (Å²) in [6.07, 6.45) is 1.67. The van der Waals surface area contributed by atoms with Crippen LogP contribution >= 0.6 is 0 Å². The monoisotopic (exact) mass is 418 g/mol. The van der Waals surface area contributed by atoms with Gasteiger partial charge in [0.1, 0.15) is 6.04 Å². The van der Waals surface area contributed by atoms with Gasteiger partial charge < -0.3 is 15.7 Å². The van der Waals surface area contributed by atoms with Gasteiger partial charge in [0.2, 0.25) is 5.91 Å². The molecule has 1 aromatic heterocycles. The molecule has 2 amide bonds. The number of aliphatic carboxylic acids is 1. The maximum absolute atomic E-state index is 12.8. The topological polar surface area (TPSA) is 119 Å². The van der Waals surface area contributed by atoms with E-state index in [1.807, 2.05) is 49.5 Å². The van der Waals surface area contributed by atoms with Crippen molar-refractivity contribution in [1.29, 1.82) is 0 Å². The number of benzene rings is 2. The van der Waals surface area contributed by atoms with Gasteiger partial charge in [-0.05, 0) is 42.7 Å². The zero-order chi connectivity index (χ0) is 22.1. The third-order valence-corrected chi connectivity index (χ3v) is 5.47. The minimum absolute atomic E-state index is 0.0178. The van der Waals surface area contributed by atoms with Crippen molar-refractivity contribution in [1.82, 2.24) is 14.7 Å². The van der Waals surface area contributed by atoms with E-state index in [1.54, 1.807) is 16.8 Å². The Bertz CT molecular complexity index is 1170. The van der Waals surface area contributed by atoms with Crippen LogP contribution < -0.4 is 5.73 Å². The van der Waals surface area contributed by atoms with Crippen molar-refractivity contribution < 1.29 is 19.5 Å². The molecule has 2 aromatic carbocycles. The molecule has 1 aliphatic heterocycles.